The van der Waals surface area contributed by atoms with Gasteiger partial charge in [-0.25, -0.2) is 0 Å². The third-order valence-corrected chi connectivity index (χ3v) is 5.17. The van der Waals surface area contributed by atoms with Gasteiger partial charge in [-0.2, -0.15) is 0 Å². The molecule has 2 saturated heterocycles. The number of imide groups is 1. The molecule has 0 unspecified atom stereocenters. The van der Waals surface area contributed by atoms with Crippen LogP contribution in [0.5, 0.6) is 0 Å². The van der Waals surface area contributed by atoms with Crippen LogP contribution in [0.15, 0.2) is 0 Å². The summed E-state index contributed by atoms with van der Waals surface area (Å²) in [7, 11) is 0. The topological polar surface area (TPSA) is 49.4 Å². The van der Waals surface area contributed by atoms with Gasteiger partial charge in [-0.05, 0) is 38.8 Å². The zero-order valence-electron chi connectivity index (χ0n) is 11.6. The molecule has 3 fully saturated rings. The van der Waals surface area contributed by atoms with E-state index in [1.165, 1.54) is 12.8 Å². The molecule has 2 aliphatic heterocycles. The molecule has 1 N–H and O–H groups in total. The van der Waals surface area contributed by atoms with Gasteiger partial charge >= 0.3 is 0 Å². The number of hydrogen-bond donors (Lipinski definition) is 1. The van der Waals surface area contributed by atoms with E-state index in [0.29, 0.717) is 6.42 Å². The van der Waals surface area contributed by atoms with E-state index in [-0.39, 0.29) is 23.3 Å². The molecule has 2 amide bonds. The lowest BCUT2D eigenvalue weighted by atomic mass is 9.79. The Morgan fingerprint density at radius 2 is 1.63 bits per heavy atom. The maximum Gasteiger partial charge on any atom is 0.236 e. The normalized spacial score (nSPS) is 28.9. The van der Waals surface area contributed by atoms with Crippen LogP contribution in [0.4, 0.5) is 0 Å². The van der Waals surface area contributed by atoms with Crippen LogP contribution in [-0.2, 0) is 9.59 Å². The van der Waals surface area contributed by atoms with Gasteiger partial charge in [0.1, 0.15) is 0 Å². The minimum Gasteiger partial charge on any atom is -0.317 e. The van der Waals surface area contributed by atoms with Crippen LogP contribution in [-0.4, -0.2) is 35.8 Å². The van der Waals surface area contributed by atoms with Crippen molar-refractivity contribution in [1.29, 1.82) is 0 Å². The standard InChI is InChI=1S/C15H24N2O2/c18-13-11-15(7-3-1-2-4-8-15)14(19)17(13)12-5-9-16-10-6-12/h12,16H,1-11H2. The number of carbonyl (C=O) groups is 2. The molecule has 0 radical (unpaired) electrons. The van der Waals surface area contributed by atoms with Crippen molar-refractivity contribution >= 4 is 11.8 Å². The summed E-state index contributed by atoms with van der Waals surface area (Å²) >= 11 is 0. The Morgan fingerprint density at radius 1 is 1.00 bits per heavy atom. The SMILES string of the molecule is O=C1CC2(CCCCCC2)C(=O)N1C1CCNCC1. The monoisotopic (exact) mass is 264 g/mol. The van der Waals surface area contributed by atoms with Crippen molar-refractivity contribution < 1.29 is 9.59 Å². The minimum absolute atomic E-state index is 0.0961. The lowest BCUT2D eigenvalue weighted by Gasteiger charge is -2.32. The molecule has 19 heavy (non-hydrogen) atoms. The highest BCUT2D eigenvalue weighted by atomic mass is 16.2. The van der Waals surface area contributed by atoms with Crippen LogP contribution in [0.1, 0.15) is 57.8 Å². The molecular formula is C15H24N2O2. The molecule has 4 heteroatoms. The number of amides is 2. The summed E-state index contributed by atoms with van der Waals surface area (Å²) in [6, 6.07) is 0.156. The smallest absolute Gasteiger partial charge is 0.236 e. The van der Waals surface area contributed by atoms with Gasteiger partial charge in [0, 0.05) is 12.5 Å². The van der Waals surface area contributed by atoms with E-state index < -0.39 is 0 Å². The summed E-state index contributed by atoms with van der Waals surface area (Å²) in [6.45, 7) is 1.85. The Kier molecular flexibility index (Phi) is 3.61. The van der Waals surface area contributed by atoms with E-state index in [2.05, 4.69) is 5.32 Å². The first-order valence-electron chi connectivity index (χ1n) is 7.80. The summed E-state index contributed by atoms with van der Waals surface area (Å²) in [4.78, 5) is 26.8. The van der Waals surface area contributed by atoms with Gasteiger partial charge in [0.25, 0.3) is 0 Å². The Morgan fingerprint density at radius 3 is 2.26 bits per heavy atom. The molecule has 0 atom stereocenters. The first-order valence-corrected chi connectivity index (χ1v) is 7.80. The van der Waals surface area contributed by atoms with E-state index in [9.17, 15) is 9.59 Å². The predicted octanol–water partition coefficient (Wildman–Crippen LogP) is 1.84. The lowest BCUT2D eigenvalue weighted by molar-refractivity contribution is -0.145. The third kappa shape index (κ3) is 2.31. The molecule has 0 aromatic rings. The highest BCUT2D eigenvalue weighted by molar-refractivity contribution is 6.06. The lowest BCUT2D eigenvalue weighted by Crippen LogP contribution is -2.47. The Bertz CT molecular complexity index is 366. The minimum atomic E-state index is -0.321. The number of nitrogens with one attached hydrogen (secondary N) is 1. The van der Waals surface area contributed by atoms with Crippen molar-refractivity contribution in [3.8, 4) is 0 Å². The molecule has 0 bridgehead atoms. The Hall–Kier alpha value is -0.900. The van der Waals surface area contributed by atoms with Crippen molar-refractivity contribution in [2.75, 3.05) is 13.1 Å². The first kappa shape index (κ1) is 13.1. The largest absolute Gasteiger partial charge is 0.317 e. The molecular weight excluding hydrogens is 240 g/mol. The zero-order chi connectivity index (χ0) is 13.3. The molecule has 1 aliphatic carbocycles. The maximum absolute atomic E-state index is 12.8. The third-order valence-electron chi connectivity index (χ3n) is 5.17. The van der Waals surface area contributed by atoms with Gasteiger partial charge in [0.2, 0.25) is 11.8 Å². The van der Waals surface area contributed by atoms with Gasteiger partial charge in [0.05, 0.1) is 5.41 Å². The quantitative estimate of drug-likeness (QED) is 0.735. The number of piperidine rings is 1. The molecule has 106 valence electrons. The molecule has 3 aliphatic rings. The number of likely N-dealkylation sites (tertiary alicyclic amines) is 1. The molecule has 3 rings (SSSR count). The van der Waals surface area contributed by atoms with Crippen molar-refractivity contribution in [3.05, 3.63) is 0 Å². The molecule has 0 aromatic heterocycles. The Labute approximate surface area is 114 Å². The van der Waals surface area contributed by atoms with Gasteiger partial charge in [-0.1, -0.05) is 25.7 Å². The second kappa shape index (κ2) is 5.23. The van der Waals surface area contributed by atoms with Gasteiger partial charge < -0.3 is 5.32 Å². The van der Waals surface area contributed by atoms with E-state index in [1.54, 1.807) is 4.90 Å². The number of nitrogens with zero attached hydrogens (tertiary/aromatic N) is 1. The second-order valence-corrected chi connectivity index (χ2v) is 6.42. The highest BCUT2D eigenvalue weighted by Gasteiger charge is 2.52. The highest BCUT2D eigenvalue weighted by Crippen LogP contribution is 2.45. The van der Waals surface area contributed by atoms with Crippen molar-refractivity contribution in [2.24, 2.45) is 5.41 Å². The van der Waals surface area contributed by atoms with Crippen LogP contribution in [0, 0.1) is 5.41 Å². The van der Waals surface area contributed by atoms with E-state index >= 15 is 0 Å². The summed E-state index contributed by atoms with van der Waals surface area (Å²) < 4.78 is 0. The van der Waals surface area contributed by atoms with E-state index in [1.807, 2.05) is 0 Å². The van der Waals surface area contributed by atoms with Crippen LogP contribution >= 0.6 is 0 Å². The average molecular weight is 264 g/mol. The number of carbonyl (C=O) groups excluding carboxylic acids is 2. The van der Waals surface area contributed by atoms with Crippen molar-refractivity contribution in [2.45, 2.75) is 63.8 Å². The zero-order valence-corrected chi connectivity index (χ0v) is 11.6. The van der Waals surface area contributed by atoms with Gasteiger partial charge in [-0.15, -0.1) is 0 Å². The average Bonchev–Trinajstić information content (AvgIpc) is 2.60. The second-order valence-electron chi connectivity index (χ2n) is 6.42. The maximum atomic E-state index is 12.8. The van der Waals surface area contributed by atoms with Gasteiger partial charge in [-0.3, -0.25) is 14.5 Å². The Balaban J connectivity index is 1.79. The van der Waals surface area contributed by atoms with Gasteiger partial charge in [0.15, 0.2) is 0 Å². The summed E-state index contributed by atoms with van der Waals surface area (Å²) in [5, 5.41) is 3.30. The fourth-order valence-electron chi connectivity index (χ4n) is 4.05. The molecule has 1 spiro atoms. The first-order chi connectivity index (χ1) is 9.23. The van der Waals surface area contributed by atoms with Crippen molar-refractivity contribution in [1.82, 2.24) is 10.2 Å². The number of rotatable bonds is 1. The molecule has 1 saturated carbocycles. The summed E-state index contributed by atoms with van der Waals surface area (Å²) in [5.74, 6) is 0.255. The van der Waals surface area contributed by atoms with E-state index in [4.69, 9.17) is 0 Å². The summed E-state index contributed by atoms with van der Waals surface area (Å²) in [6.07, 6.45) is 8.85. The fourth-order valence-corrected chi connectivity index (χ4v) is 4.05. The predicted molar refractivity (Wildman–Crippen MR) is 72.5 cm³/mol. The van der Waals surface area contributed by atoms with Crippen LogP contribution < -0.4 is 5.32 Å². The fraction of sp³-hybridized carbons (Fsp3) is 0.867. The van der Waals surface area contributed by atoms with E-state index in [0.717, 1.165) is 51.6 Å². The van der Waals surface area contributed by atoms with Crippen molar-refractivity contribution in [3.63, 3.8) is 0 Å². The molecule has 4 nitrogen and oxygen atoms in total. The molecule has 2 heterocycles. The van der Waals surface area contributed by atoms with Crippen LogP contribution in [0.25, 0.3) is 0 Å². The van der Waals surface area contributed by atoms with Crippen LogP contribution in [0.2, 0.25) is 0 Å². The summed E-state index contributed by atoms with van der Waals surface area (Å²) in [5.41, 5.74) is -0.321. The molecule has 0 aromatic carbocycles. The number of hydrogen-bond acceptors (Lipinski definition) is 3. The van der Waals surface area contributed by atoms with Crippen LogP contribution in [0.3, 0.4) is 0 Å².